The van der Waals surface area contributed by atoms with E-state index in [-0.39, 0.29) is 12.4 Å². The van der Waals surface area contributed by atoms with Crippen LogP contribution in [0.15, 0.2) is 5.70 Å². The monoisotopic (exact) mass is 199 g/mol. The Morgan fingerprint density at radius 1 is 1.29 bits per heavy atom. The number of esters is 1. The van der Waals surface area contributed by atoms with Crippen LogP contribution in [0.3, 0.4) is 0 Å². The molecule has 0 bridgehead atoms. The molecule has 0 radical (unpaired) electrons. The summed E-state index contributed by atoms with van der Waals surface area (Å²) in [6.45, 7) is 2.22. The van der Waals surface area contributed by atoms with E-state index in [0.29, 0.717) is 6.61 Å². The summed E-state index contributed by atoms with van der Waals surface area (Å²) >= 11 is 0. The van der Waals surface area contributed by atoms with E-state index >= 15 is 0 Å². The topological polar surface area (TPSA) is 32.8 Å². The minimum Gasteiger partial charge on any atom is -0.466 e. The predicted molar refractivity (Wildman–Crippen MR) is 55.4 cm³/mol. The molecule has 0 fully saturated rings. The van der Waals surface area contributed by atoms with Crippen molar-refractivity contribution in [1.82, 2.24) is 9.80 Å². The number of hydrogen-bond acceptors (Lipinski definition) is 4. The SMILES string of the molecule is CCOC(=O)CC(=[C+]N(C)C)N(C)C. The van der Waals surface area contributed by atoms with Crippen LogP contribution < -0.4 is 0 Å². The second-order valence-electron chi connectivity index (χ2n) is 3.33. The first-order chi connectivity index (χ1) is 6.47. The molecule has 0 atom stereocenters. The Labute approximate surface area is 86.1 Å². The maximum Gasteiger partial charge on any atom is 0.393 e. The van der Waals surface area contributed by atoms with Gasteiger partial charge in [-0.05, 0) is 6.92 Å². The highest BCUT2D eigenvalue weighted by atomic mass is 16.5. The molecule has 80 valence electrons. The Hall–Kier alpha value is -1.28. The molecule has 4 heteroatoms. The number of nitrogens with zero attached hydrogens (tertiary/aromatic N) is 2. The Balaban J connectivity index is 4.31. The van der Waals surface area contributed by atoms with Crippen molar-refractivity contribution in [1.29, 1.82) is 0 Å². The minimum absolute atomic E-state index is 0.217. The lowest BCUT2D eigenvalue weighted by Crippen LogP contribution is -2.19. The van der Waals surface area contributed by atoms with Gasteiger partial charge in [-0.1, -0.05) is 0 Å². The second-order valence-corrected chi connectivity index (χ2v) is 3.33. The van der Waals surface area contributed by atoms with Gasteiger partial charge >= 0.3 is 12.2 Å². The lowest BCUT2D eigenvalue weighted by molar-refractivity contribution is -0.142. The lowest BCUT2D eigenvalue weighted by atomic mass is 10.3. The van der Waals surface area contributed by atoms with E-state index in [9.17, 15) is 4.79 Å². The molecule has 0 aliphatic carbocycles. The third-order valence-corrected chi connectivity index (χ3v) is 1.51. The standard InChI is InChI=1S/C10H19N2O2/c1-6-14-10(13)7-9(12(4)5)8-11(2)3/h6-7H2,1-5H3/q+1. The molecule has 0 saturated carbocycles. The molecule has 0 aliphatic rings. The van der Waals surface area contributed by atoms with Crippen molar-refractivity contribution in [2.75, 3.05) is 34.8 Å². The maximum absolute atomic E-state index is 11.2. The zero-order valence-corrected chi connectivity index (χ0v) is 9.63. The Kier molecular flexibility index (Phi) is 5.65. The first-order valence-corrected chi connectivity index (χ1v) is 4.60. The minimum atomic E-state index is -0.217. The fourth-order valence-corrected chi connectivity index (χ4v) is 0.904. The van der Waals surface area contributed by atoms with Gasteiger partial charge in [-0.25, -0.2) is 0 Å². The predicted octanol–water partition coefficient (Wildman–Crippen LogP) is 0.707. The zero-order valence-electron chi connectivity index (χ0n) is 9.63. The Morgan fingerprint density at radius 2 is 1.86 bits per heavy atom. The van der Waals surface area contributed by atoms with Gasteiger partial charge in [0.15, 0.2) is 0 Å². The molecular formula is C10H19N2O2+. The van der Waals surface area contributed by atoms with Crippen LogP contribution in [0.2, 0.25) is 0 Å². The largest absolute Gasteiger partial charge is 0.466 e. The molecule has 0 N–H and O–H groups in total. The number of hydrogen-bond donors (Lipinski definition) is 0. The van der Waals surface area contributed by atoms with Crippen LogP contribution in [0.5, 0.6) is 0 Å². The summed E-state index contributed by atoms with van der Waals surface area (Å²) in [6, 6.07) is 0. The van der Waals surface area contributed by atoms with Crippen molar-refractivity contribution < 1.29 is 9.53 Å². The second kappa shape index (κ2) is 6.22. The lowest BCUT2D eigenvalue weighted by Gasteiger charge is -2.08. The normalized spacial score (nSPS) is 10.5. The van der Waals surface area contributed by atoms with E-state index in [0.717, 1.165) is 5.70 Å². The highest BCUT2D eigenvalue weighted by molar-refractivity contribution is 5.72. The van der Waals surface area contributed by atoms with Crippen LogP contribution in [-0.4, -0.2) is 50.6 Å². The molecule has 0 aromatic carbocycles. The van der Waals surface area contributed by atoms with Gasteiger partial charge in [-0.2, -0.15) is 4.90 Å². The van der Waals surface area contributed by atoms with E-state index < -0.39 is 0 Å². The molecule has 0 aromatic heterocycles. The Morgan fingerprint density at radius 3 is 2.21 bits per heavy atom. The summed E-state index contributed by atoms with van der Waals surface area (Å²) in [4.78, 5) is 14.9. The maximum atomic E-state index is 11.2. The van der Waals surface area contributed by atoms with Crippen molar-refractivity contribution in [2.24, 2.45) is 0 Å². The summed E-state index contributed by atoms with van der Waals surface area (Å²) in [6.07, 6.45) is 3.31. The van der Waals surface area contributed by atoms with Gasteiger partial charge in [-0.3, -0.25) is 4.79 Å². The number of rotatable bonds is 5. The highest BCUT2D eigenvalue weighted by Crippen LogP contribution is 2.05. The third kappa shape index (κ3) is 5.38. The average Bonchev–Trinajstić information content (AvgIpc) is 2.02. The molecule has 0 rings (SSSR count). The summed E-state index contributed by atoms with van der Waals surface area (Å²) in [5.74, 6) is -0.217. The van der Waals surface area contributed by atoms with Crippen molar-refractivity contribution >= 4 is 5.97 Å². The van der Waals surface area contributed by atoms with Gasteiger partial charge in [0.1, 0.15) is 6.42 Å². The van der Waals surface area contributed by atoms with Crippen LogP contribution in [0.25, 0.3) is 0 Å². The molecule has 0 unspecified atom stereocenters. The molecule has 0 heterocycles. The molecule has 4 nitrogen and oxygen atoms in total. The van der Waals surface area contributed by atoms with Crippen LogP contribution in [-0.2, 0) is 9.53 Å². The summed E-state index contributed by atoms with van der Waals surface area (Å²) in [5, 5.41) is 0. The molecule has 0 spiro atoms. The van der Waals surface area contributed by atoms with Crippen molar-refractivity contribution in [3.8, 4) is 0 Å². The molecular weight excluding hydrogens is 180 g/mol. The summed E-state index contributed by atoms with van der Waals surface area (Å²) in [5.41, 5.74) is 0.813. The Bertz CT molecular complexity index is 210. The summed E-state index contributed by atoms with van der Waals surface area (Å²) in [7, 11) is 7.50. The van der Waals surface area contributed by atoms with Gasteiger partial charge in [0, 0.05) is 14.1 Å². The molecule has 14 heavy (non-hydrogen) atoms. The summed E-state index contributed by atoms with van der Waals surface area (Å²) < 4.78 is 4.86. The zero-order chi connectivity index (χ0) is 11.1. The van der Waals surface area contributed by atoms with Crippen LogP contribution in [0, 0.1) is 6.20 Å². The molecule has 0 aliphatic heterocycles. The van der Waals surface area contributed by atoms with Gasteiger partial charge in [-0.15, -0.1) is 0 Å². The van der Waals surface area contributed by atoms with E-state index in [1.165, 1.54) is 0 Å². The first kappa shape index (κ1) is 12.7. The molecule has 0 amide bonds. The van der Waals surface area contributed by atoms with E-state index in [2.05, 4.69) is 6.20 Å². The van der Waals surface area contributed by atoms with E-state index in [1.807, 2.05) is 33.1 Å². The van der Waals surface area contributed by atoms with Crippen LogP contribution >= 0.6 is 0 Å². The first-order valence-electron chi connectivity index (χ1n) is 4.60. The smallest absolute Gasteiger partial charge is 0.393 e. The third-order valence-electron chi connectivity index (χ3n) is 1.51. The fraction of sp³-hybridized carbons (Fsp3) is 0.700. The van der Waals surface area contributed by atoms with Crippen molar-refractivity contribution in [2.45, 2.75) is 13.3 Å². The van der Waals surface area contributed by atoms with Crippen molar-refractivity contribution in [3.63, 3.8) is 0 Å². The van der Waals surface area contributed by atoms with E-state index in [4.69, 9.17) is 4.74 Å². The van der Waals surface area contributed by atoms with Crippen LogP contribution in [0.4, 0.5) is 0 Å². The van der Waals surface area contributed by atoms with Gasteiger partial charge in [0.05, 0.1) is 20.7 Å². The number of ether oxygens (including phenoxy) is 1. The average molecular weight is 199 g/mol. The van der Waals surface area contributed by atoms with Crippen molar-refractivity contribution in [3.05, 3.63) is 11.9 Å². The van der Waals surface area contributed by atoms with Crippen LogP contribution in [0.1, 0.15) is 13.3 Å². The highest BCUT2D eigenvalue weighted by Gasteiger charge is 2.20. The quantitative estimate of drug-likeness (QED) is 0.371. The van der Waals surface area contributed by atoms with Gasteiger partial charge in [0.25, 0.3) is 5.70 Å². The van der Waals surface area contributed by atoms with Gasteiger partial charge in [0.2, 0.25) is 0 Å². The van der Waals surface area contributed by atoms with E-state index in [1.54, 1.807) is 11.8 Å². The molecule has 0 saturated heterocycles. The fourth-order valence-electron chi connectivity index (χ4n) is 0.904. The number of carbonyl (C=O) groups is 1. The number of carbonyl (C=O) groups excluding carboxylic acids is 1. The van der Waals surface area contributed by atoms with Gasteiger partial charge < -0.3 is 9.64 Å². The molecule has 0 aromatic rings.